The number of fused-ring (bicyclic) bond motifs is 3. The summed E-state index contributed by atoms with van der Waals surface area (Å²) in [6.07, 6.45) is 4.70. The molecule has 3 saturated carbocycles. The number of carbonyl (C=O) groups is 1. The highest BCUT2D eigenvalue weighted by Crippen LogP contribution is 2.55. The van der Waals surface area contributed by atoms with Crippen LogP contribution in [-0.4, -0.2) is 43.4 Å². The first-order valence-electron chi connectivity index (χ1n) is 9.82. The summed E-state index contributed by atoms with van der Waals surface area (Å²) >= 11 is 3.35. The summed E-state index contributed by atoms with van der Waals surface area (Å²) in [5, 5.41) is 0. The van der Waals surface area contributed by atoms with Crippen LogP contribution >= 0.6 is 15.9 Å². The Morgan fingerprint density at radius 2 is 1.57 bits per heavy atom. The van der Waals surface area contributed by atoms with Crippen molar-refractivity contribution in [2.45, 2.75) is 75.3 Å². The molecule has 1 amide bonds. The van der Waals surface area contributed by atoms with Crippen LogP contribution in [0.5, 0.6) is 0 Å². The maximum absolute atomic E-state index is 13.0. The van der Waals surface area contributed by atoms with Crippen molar-refractivity contribution in [2.75, 3.05) is 12.8 Å². The summed E-state index contributed by atoms with van der Waals surface area (Å²) in [6.45, 7) is 5.61. The predicted molar refractivity (Wildman–Crippen MR) is 113 cm³/mol. The second-order valence-corrected chi connectivity index (χ2v) is 12.4. The van der Waals surface area contributed by atoms with Crippen molar-refractivity contribution in [3.05, 3.63) is 28.7 Å². The largest absolute Gasteiger partial charge is 0.444 e. The van der Waals surface area contributed by atoms with Crippen LogP contribution in [0.25, 0.3) is 0 Å². The van der Waals surface area contributed by atoms with Crippen molar-refractivity contribution in [1.29, 1.82) is 0 Å². The van der Waals surface area contributed by atoms with Gasteiger partial charge in [-0.3, -0.25) is 0 Å². The van der Waals surface area contributed by atoms with Crippen LogP contribution in [0.1, 0.15) is 59.3 Å². The highest BCUT2D eigenvalue weighted by atomic mass is 79.9. The number of sulfone groups is 1. The summed E-state index contributed by atoms with van der Waals surface area (Å²) in [4.78, 5) is 14.7. The molecule has 0 spiro atoms. The van der Waals surface area contributed by atoms with Crippen LogP contribution in [-0.2, 0) is 14.6 Å². The number of carbonyl (C=O) groups excluding carboxylic acids is 1. The molecule has 0 unspecified atom stereocenters. The molecule has 0 saturated heterocycles. The molecule has 0 aromatic heterocycles. The summed E-state index contributed by atoms with van der Waals surface area (Å²) in [5.74, 6) is 0.188. The molecule has 3 fully saturated rings. The summed E-state index contributed by atoms with van der Waals surface area (Å²) < 4.78 is 32.4. The van der Waals surface area contributed by atoms with Crippen molar-refractivity contribution in [2.24, 2.45) is 5.41 Å². The van der Waals surface area contributed by atoms with Crippen molar-refractivity contribution in [3.8, 4) is 0 Å². The highest BCUT2D eigenvalue weighted by Gasteiger charge is 2.53. The standard InChI is InChI=1S/C21H30BrNO4S/c1-19(2,3)27-18(24)23(4)21-12-9-20(10-13-21,11-14-21)15-28(25,26)17-7-5-16(22)6-8-17/h5-8H,9-15H2,1-4H3. The number of ether oxygens (including phenoxy) is 1. The van der Waals surface area contributed by atoms with Gasteiger partial charge in [0, 0.05) is 17.1 Å². The van der Waals surface area contributed by atoms with Gasteiger partial charge in [-0.25, -0.2) is 13.2 Å². The van der Waals surface area contributed by atoms with E-state index in [1.807, 2.05) is 27.8 Å². The molecule has 7 heteroatoms. The third kappa shape index (κ3) is 4.40. The van der Waals surface area contributed by atoms with Crippen molar-refractivity contribution >= 4 is 31.9 Å². The van der Waals surface area contributed by atoms with E-state index in [0.29, 0.717) is 4.90 Å². The summed E-state index contributed by atoms with van der Waals surface area (Å²) in [7, 11) is -1.50. The van der Waals surface area contributed by atoms with E-state index in [0.717, 1.165) is 43.0 Å². The van der Waals surface area contributed by atoms with Gasteiger partial charge in [-0.05, 0) is 89.0 Å². The number of hydrogen-bond acceptors (Lipinski definition) is 4. The van der Waals surface area contributed by atoms with E-state index in [1.54, 1.807) is 29.2 Å². The zero-order chi connectivity index (χ0) is 20.8. The molecule has 3 aliphatic carbocycles. The van der Waals surface area contributed by atoms with E-state index < -0.39 is 15.4 Å². The van der Waals surface area contributed by atoms with E-state index in [-0.39, 0.29) is 22.8 Å². The number of rotatable bonds is 4. The first kappa shape index (κ1) is 21.6. The van der Waals surface area contributed by atoms with E-state index in [1.165, 1.54) is 0 Å². The van der Waals surface area contributed by atoms with Gasteiger partial charge >= 0.3 is 6.09 Å². The lowest BCUT2D eigenvalue weighted by atomic mass is 9.57. The minimum Gasteiger partial charge on any atom is -0.444 e. The Labute approximate surface area is 176 Å². The number of benzene rings is 1. The quantitative estimate of drug-likeness (QED) is 0.606. The fraction of sp³-hybridized carbons (Fsp3) is 0.667. The number of amides is 1. The molecule has 0 radical (unpaired) electrons. The van der Waals surface area contributed by atoms with E-state index in [9.17, 15) is 13.2 Å². The fourth-order valence-corrected chi connectivity index (χ4v) is 6.84. The Morgan fingerprint density at radius 3 is 2.04 bits per heavy atom. The van der Waals surface area contributed by atoms with E-state index >= 15 is 0 Å². The monoisotopic (exact) mass is 471 g/mol. The lowest BCUT2D eigenvalue weighted by Gasteiger charge is -2.56. The van der Waals surface area contributed by atoms with Crippen molar-refractivity contribution < 1.29 is 17.9 Å². The molecule has 0 N–H and O–H groups in total. The molecule has 28 heavy (non-hydrogen) atoms. The summed E-state index contributed by atoms with van der Waals surface area (Å²) in [6, 6.07) is 6.88. The van der Waals surface area contributed by atoms with Gasteiger partial charge in [0.1, 0.15) is 5.60 Å². The minimum absolute atomic E-state index is 0.178. The topological polar surface area (TPSA) is 63.7 Å². The van der Waals surface area contributed by atoms with Crippen LogP contribution < -0.4 is 0 Å². The third-order valence-corrected chi connectivity index (χ3v) is 8.92. The lowest BCUT2D eigenvalue weighted by molar-refractivity contribution is -0.0480. The van der Waals surface area contributed by atoms with Crippen molar-refractivity contribution in [3.63, 3.8) is 0 Å². The molecule has 1 aromatic carbocycles. The molecule has 0 heterocycles. The van der Waals surface area contributed by atoms with Crippen LogP contribution in [0.3, 0.4) is 0 Å². The Bertz CT molecular complexity index is 818. The normalized spacial score (nSPS) is 27.5. The van der Waals surface area contributed by atoms with Gasteiger partial charge in [-0.2, -0.15) is 0 Å². The maximum Gasteiger partial charge on any atom is 0.410 e. The van der Waals surface area contributed by atoms with Gasteiger partial charge in [0.25, 0.3) is 0 Å². The first-order valence-corrected chi connectivity index (χ1v) is 12.3. The van der Waals surface area contributed by atoms with Gasteiger partial charge < -0.3 is 9.64 Å². The maximum atomic E-state index is 13.0. The molecule has 1 aromatic rings. The van der Waals surface area contributed by atoms with E-state index in [2.05, 4.69) is 15.9 Å². The second kappa shape index (κ2) is 7.31. The van der Waals surface area contributed by atoms with Gasteiger partial charge in [-0.15, -0.1) is 0 Å². The van der Waals surface area contributed by atoms with Gasteiger partial charge in [0.2, 0.25) is 0 Å². The zero-order valence-corrected chi connectivity index (χ0v) is 19.5. The zero-order valence-electron chi connectivity index (χ0n) is 17.1. The Balaban J connectivity index is 1.70. The van der Waals surface area contributed by atoms with Gasteiger partial charge in [0.15, 0.2) is 9.84 Å². The first-order chi connectivity index (χ1) is 12.9. The van der Waals surface area contributed by atoms with E-state index in [4.69, 9.17) is 4.74 Å². The van der Waals surface area contributed by atoms with Crippen LogP contribution in [0, 0.1) is 5.41 Å². The van der Waals surface area contributed by atoms with Crippen LogP contribution in [0.2, 0.25) is 0 Å². The predicted octanol–water partition coefficient (Wildman–Crippen LogP) is 5.18. The molecule has 4 rings (SSSR count). The van der Waals surface area contributed by atoms with Crippen LogP contribution in [0.15, 0.2) is 33.6 Å². The fourth-order valence-electron chi connectivity index (χ4n) is 4.62. The molecule has 2 bridgehead atoms. The molecule has 0 atom stereocenters. The molecular weight excluding hydrogens is 442 g/mol. The number of hydrogen-bond donors (Lipinski definition) is 0. The third-order valence-electron chi connectivity index (χ3n) is 6.41. The Hall–Kier alpha value is -1.08. The second-order valence-electron chi connectivity index (χ2n) is 9.48. The lowest BCUT2D eigenvalue weighted by Crippen LogP contribution is -2.58. The number of halogens is 1. The Morgan fingerprint density at radius 1 is 1.07 bits per heavy atom. The molecular formula is C21H30BrNO4S. The average Bonchev–Trinajstić information content (AvgIpc) is 2.61. The average molecular weight is 472 g/mol. The van der Waals surface area contributed by atoms with Gasteiger partial charge in [-0.1, -0.05) is 15.9 Å². The molecule has 5 nitrogen and oxygen atoms in total. The smallest absolute Gasteiger partial charge is 0.410 e. The van der Waals surface area contributed by atoms with Crippen molar-refractivity contribution in [1.82, 2.24) is 4.90 Å². The molecule has 0 aliphatic heterocycles. The minimum atomic E-state index is -3.33. The Kier molecular flexibility index (Phi) is 5.65. The number of nitrogens with zero attached hydrogens (tertiary/aromatic N) is 1. The molecule has 156 valence electrons. The SMILES string of the molecule is CN(C(=O)OC(C)(C)C)C12CCC(CS(=O)(=O)c3ccc(Br)cc3)(CC1)CC2. The summed E-state index contributed by atoms with van der Waals surface area (Å²) in [5.41, 5.74) is -0.901. The van der Waals surface area contributed by atoms with Gasteiger partial charge in [0.05, 0.1) is 10.6 Å². The molecule has 3 aliphatic rings. The van der Waals surface area contributed by atoms with Crippen LogP contribution in [0.4, 0.5) is 4.79 Å². The highest BCUT2D eigenvalue weighted by molar-refractivity contribution is 9.10.